The number of nitrogen functional groups attached to an aromatic ring is 1. The highest BCUT2D eigenvalue weighted by atomic mass is 32.2. The van der Waals surface area contributed by atoms with Crippen molar-refractivity contribution in [3.05, 3.63) is 6.33 Å². The molecule has 2 heterocycles. The number of nitrogens with two attached hydrogens (primary N) is 1. The summed E-state index contributed by atoms with van der Waals surface area (Å²) >= 11 is 1.60. The van der Waals surface area contributed by atoms with Crippen LogP contribution in [0.25, 0.3) is 0 Å². The molecule has 2 N–H and O–H groups in total. The van der Waals surface area contributed by atoms with E-state index in [1.165, 1.54) is 6.33 Å². The molecule has 0 aromatic carbocycles. The van der Waals surface area contributed by atoms with Crippen molar-refractivity contribution in [2.75, 3.05) is 18.1 Å². The summed E-state index contributed by atoms with van der Waals surface area (Å²) in [6.07, 6.45) is 4.13. The van der Waals surface area contributed by atoms with Gasteiger partial charge in [-0.1, -0.05) is 0 Å². The SMILES string of the molecule is CC(C)Oc1ncnc(SCC2CCCO2)c1N. The van der Waals surface area contributed by atoms with E-state index in [-0.39, 0.29) is 6.10 Å². The summed E-state index contributed by atoms with van der Waals surface area (Å²) in [5, 5.41) is 0.774. The largest absolute Gasteiger partial charge is 0.473 e. The molecule has 100 valence electrons. The zero-order valence-corrected chi connectivity index (χ0v) is 11.6. The molecule has 5 nitrogen and oxygen atoms in total. The van der Waals surface area contributed by atoms with Crippen molar-refractivity contribution in [1.29, 1.82) is 0 Å². The Labute approximate surface area is 111 Å². The predicted octanol–water partition coefficient (Wildman–Crippen LogP) is 2.12. The Morgan fingerprint density at radius 3 is 3.06 bits per heavy atom. The summed E-state index contributed by atoms with van der Waals surface area (Å²) in [6, 6.07) is 0. The monoisotopic (exact) mass is 269 g/mol. The highest BCUT2D eigenvalue weighted by molar-refractivity contribution is 7.99. The molecule has 0 spiro atoms. The van der Waals surface area contributed by atoms with Gasteiger partial charge in [0.1, 0.15) is 17.0 Å². The van der Waals surface area contributed by atoms with Gasteiger partial charge >= 0.3 is 0 Å². The van der Waals surface area contributed by atoms with Crippen molar-refractivity contribution in [1.82, 2.24) is 9.97 Å². The molecule has 1 saturated heterocycles. The molecule has 18 heavy (non-hydrogen) atoms. The van der Waals surface area contributed by atoms with Gasteiger partial charge in [0.15, 0.2) is 0 Å². The van der Waals surface area contributed by atoms with Crippen molar-refractivity contribution in [2.24, 2.45) is 0 Å². The predicted molar refractivity (Wildman–Crippen MR) is 71.9 cm³/mol. The highest BCUT2D eigenvalue weighted by Crippen LogP contribution is 2.31. The van der Waals surface area contributed by atoms with Crippen LogP contribution in [0, 0.1) is 0 Å². The van der Waals surface area contributed by atoms with Gasteiger partial charge < -0.3 is 15.2 Å². The quantitative estimate of drug-likeness (QED) is 0.652. The van der Waals surface area contributed by atoms with Gasteiger partial charge in [-0.25, -0.2) is 4.98 Å². The van der Waals surface area contributed by atoms with E-state index in [0.29, 0.717) is 17.7 Å². The standard InChI is InChI=1S/C12H19N3O2S/c1-8(2)17-11-10(13)12(15-7-14-11)18-6-9-4-3-5-16-9/h7-9H,3-6,13H2,1-2H3. The molecule has 0 bridgehead atoms. The molecule has 0 saturated carbocycles. The molecule has 1 unspecified atom stereocenters. The van der Waals surface area contributed by atoms with Crippen LogP contribution in [0.1, 0.15) is 26.7 Å². The molecule has 0 aliphatic carbocycles. The van der Waals surface area contributed by atoms with Crippen molar-refractivity contribution < 1.29 is 9.47 Å². The third kappa shape index (κ3) is 3.49. The van der Waals surface area contributed by atoms with Gasteiger partial charge in [-0.15, -0.1) is 11.8 Å². The fourth-order valence-corrected chi connectivity index (χ4v) is 2.72. The maximum Gasteiger partial charge on any atom is 0.241 e. The third-order valence-corrected chi connectivity index (χ3v) is 3.73. The van der Waals surface area contributed by atoms with Gasteiger partial charge in [-0.3, -0.25) is 0 Å². The summed E-state index contributed by atoms with van der Waals surface area (Å²) in [7, 11) is 0. The molecule has 1 atom stereocenters. The number of anilines is 1. The normalized spacial score (nSPS) is 19.4. The Bertz CT molecular complexity index is 395. The van der Waals surface area contributed by atoms with Crippen LogP contribution in [0.4, 0.5) is 5.69 Å². The molecular weight excluding hydrogens is 250 g/mol. The van der Waals surface area contributed by atoms with Crippen LogP contribution in [0.15, 0.2) is 11.4 Å². The number of aromatic nitrogens is 2. The van der Waals surface area contributed by atoms with E-state index in [2.05, 4.69) is 9.97 Å². The average Bonchev–Trinajstić information content (AvgIpc) is 2.83. The van der Waals surface area contributed by atoms with Gasteiger partial charge in [-0.05, 0) is 26.7 Å². The van der Waals surface area contributed by atoms with E-state index in [4.69, 9.17) is 15.2 Å². The fraction of sp³-hybridized carbons (Fsp3) is 0.667. The van der Waals surface area contributed by atoms with Gasteiger partial charge in [0.2, 0.25) is 5.88 Å². The number of hydrogen-bond donors (Lipinski definition) is 1. The molecule has 1 aromatic rings. The molecular formula is C12H19N3O2S. The molecule has 1 fully saturated rings. The minimum atomic E-state index is 0.0539. The maximum atomic E-state index is 6.00. The Hall–Kier alpha value is -1.01. The van der Waals surface area contributed by atoms with Crippen LogP contribution in [0.3, 0.4) is 0 Å². The minimum absolute atomic E-state index is 0.0539. The smallest absolute Gasteiger partial charge is 0.241 e. The highest BCUT2D eigenvalue weighted by Gasteiger charge is 2.18. The molecule has 6 heteroatoms. The molecule has 1 aromatic heterocycles. The van der Waals surface area contributed by atoms with E-state index in [1.54, 1.807) is 11.8 Å². The van der Waals surface area contributed by atoms with Gasteiger partial charge in [-0.2, -0.15) is 4.98 Å². The Morgan fingerprint density at radius 1 is 1.56 bits per heavy atom. The number of hydrogen-bond acceptors (Lipinski definition) is 6. The Kier molecular flexibility index (Phi) is 4.66. The van der Waals surface area contributed by atoms with Crippen LogP contribution in [-0.2, 0) is 4.74 Å². The zero-order chi connectivity index (χ0) is 13.0. The lowest BCUT2D eigenvalue weighted by Gasteiger charge is -2.13. The van der Waals surface area contributed by atoms with Gasteiger partial charge in [0.25, 0.3) is 0 Å². The molecule has 0 radical (unpaired) electrons. The first-order valence-electron chi connectivity index (χ1n) is 6.18. The molecule has 2 rings (SSSR count). The van der Waals surface area contributed by atoms with Gasteiger partial charge in [0, 0.05) is 12.4 Å². The van der Waals surface area contributed by atoms with Gasteiger partial charge in [0.05, 0.1) is 12.2 Å². The van der Waals surface area contributed by atoms with E-state index >= 15 is 0 Å². The number of rotatable bonds is 5. The lowest BCUT2D eigenvalue weighted by molar-refractivity contribution is 0.129. The van der Waals surface area contributed by atoms with Crippen molar-refractivity contribution >= 4 is 17.4 Å². The summed E-state index contributed by atoms with van der Waals surface area (Å²) in [5.74, 6) is 1.34. The summed E-state index contributed by atoms with van der Waals surface area (Å²) < 4.78 is 11.1. The fourth-order valence-electron chi connectivity index (χ4n) is 1.74. The lowest BCUT2D eigenvalue weighted by atomic mass is 10.3. The van der Waals surface area contributed by atoms with Crippen LogP contribution >= 0.6 is 11.8 Å². The summed E-state index contributed by atoms with van der Waals surface area (Å²) in [6.45, 7) is 4.76. The maximum absolute atomic E-state index is 6.00. The summed E-state index contributed by atoms with van der Waals surface area (Å²) in [4.78, 5) is 8.25. The second-order valence-electron chi connectivity index (χ2n) is 4.51. The number of thioether (sulfide) groups is 1. The second kappa shape index (κ2) is 6.24. The lowest BCUT2D eigenvalue weighted by Crippen LogP contribution is -2.11. The first-order valence-corrected chi connectivity index (χ1v) is 7.17. The van der Waals surface area contributed by atoms with Crippen molar-refractivity contribution in [2.45, 2.75) is 43.9 Å². The van der Waals surface area contributed by atoms with E-state index in [1.807, 2.05) is 13.8 Å². The van der Waals surface area contributed by atoms with Crippen LogP contribution in [0.2, 0.25) is 0 Å². The van der Waals surface area contributed by atoms with Crippen LogP contribution in [-0.4, -0.2) is 34.5 Å². The van der Waals surface area contributed by atoms with Crippen molar-refractivity contribution in [3.63, 3.8) is 0 Å². The summed E-state index contributed by atoms with van der Waals surface area (Å²) in [5.41, 5.74) is 6.53. The number of nitrogens with zero attached hydrogens (tertiary/aromatic N) is 2. The van der Waals surface area contributed by atoms with Crippen molar-refractivity contribution in [3.8, 4) is 5.88 Å². The van der Waals surface area contributed by atoms with Crippen LogP contribution < -0.4 is 10.5 Å². The second-order valence-corrected chi connectivity index (χ2v) is 5.52. The van der Waals surface area contributed by atoms with Crippen LogP contribution in [0.5, 0.6) is 5.88 Å². The Morgan fingerprint density at radius 2 is 2.39 bits per heavy atom. The Balaban J connectivity index is 1.98. The topological polar surface area (TPSA) is 70.3 Å². The third-order valence-electron chi connectivity index (χ3n) is 2.59. The number of ether oxygens (including phenoxy) is 2. The molecule has 0 amide bonds. The zero-order valence-electron chi connectivity index (χ0n) is 10.8. The van der Waals surface area contributed by atoms with E-state index < -0.39 is 0 Å². The van der Waals surface area contributed by atoms with E-state index in [9.17, 15) is 0 Å². The minimum Gasteiger partial charge on any atom is -0.473 e. The van der Waals surface area contributed by atoms with E-state index in [0.717, 1.165) is 30.2 Å². The first-order chi connectivity index (χ1) is 8.66. The molecule has 1 aliphatic rings. The first kappa shape index (κ1) is 13.4. The average molecular weight is 269 g/mol. The molecule has 1 aliphatic heterocycles.